The molecule has 8 nitrogen and oxygen atoms in total. The van der Waals surface area contributed by atoms with E-state index in [2.05, 4.69) is 20.8 Å². The summed E-state index contributed by atoms with van der Waals surface area (Å²) >= 11 is 0. The molecule has 1 aliphatic heterocycles. The highest BCUT2D eigenvalue weighted by atomic mass is 16.2. The normalized spacial score (nSPS) is 19.8. The van der Waals surface area contributed by atoms with Gasteiger partial charge in [-0.15, -0.1) is 9.89 Å². The first-order chi connectivity index (χ1) is 6.70. The van der Waals surface area contributed by atoms with E-state index in [9.17, 15) is 9.59 Å². The first-order valence-corrected chi connectivity index (χ1v) is 4.01. The Hall–Kier alpha value is -1.99. The summed E-state index contributed by atoms with van der Waals surface area (Å²) in [6, 6.07) is -0.504. The van der Waals surface area contributed by atoms with Gasteiger partial charge in [0.05, 0.1) is 0 Å². The highest BCUT2D eigenvalue weighted by molar-refractivity contribution is 5.97. The number of amides is 2. The van der Waals surface area contributed by atoms with Gasteiger partial charge >= 0.3 is 0 Å². The van der Waals surface area contributed by atoms with Crippen molar-refractivity contribution < 1.29 is 9.59 Å². The summed E-state index contributed by atoms with van der Waals surface area (Å²) in [6.45, 7) is 1.78. The van der Waals surface area contributed by atoms with Gasteiger partial charge in [0.1, 0.15) is 0 Å². The highest BCUT2D eigenvalue weighted by Gasteiger charge is 2.37. The van der Waals surface area contributed by atoms with E-state index in [1.54, 1.807) is 0 Å². The SMILES string of the molecule is CC(=O)N(C1CNC1=O)n1cnnn1. The Bertz CT molecular complexity index is 360. The predicted octanol–water partition coefficient (Wildman–Crippen LogP) is -2.34. The number of carbonyl (C=O) groups is 2. The summed E-state index contributed by atoms with van der Waals surface area (Å²) in [4.78, 5) is 23.5. The maximum atomic E-state index is 11.3. The first kappa shape index (κ1) is 8.60. The van der Waals surface area contributed by atoms with Crippen molar-refractivity contribution in [1.82, 2.24) is 25.6 Å². The lowest BCUT2D eigenvalue weighted by Crippen LogP contribution is -2.66. The molecule has 2 rings (SSSR count). The molecule has 1 aromatic heterocycles. The molecule has 0 spiro atoms. The molecule has 1 unspecified atom stereocenters. The maximum absolute atomic E-state index is 11.3. The number of nitrogens with zero attached hydrogens (tertiary/aromatic N) is 5. The molecule has 14 heavy (non-hydrogen) atoms. The van der Waals surface area contributed by atoms with E-state index < -0.39 is 6.04 Å². The molecule has 1 aromatic rings. The van der Waals surface area contributed by atoms with Crippen molar-refractivity contribution >= 4 is 11.8 Å². The van der Waals surface area contributed by atoms with Crippen LogP contribution in [-0.2, 0) is 9.59 Å². The van der Waals surface area contributed by atoms with Gasteiger partial charge < -0.3 is 5.32 Å². The van der Waals surface area contributed by atoms with Crippen LogP contribution in [0, 0.1) is 0 Å². The van der Waals surface area contributed by atoms with Crippen LogP contribution in [0.15, 0.2) is 6.33 Å². The summed E-state index contributed by atoms with van der Waals surface area (Å²) in [6.07, 6.45) is 1.27. The zero-order chi connectivity index (χ0) is 10.1. The number of carbonyl (C=O) groups excluding carboxylic acids is 2. The van der Waals surface area contributed by atoms with Crippen molar-refractivity contribution in [3.8, 4) is 0 Å². The van der Waals surface area contributed by atoms with Crippen LogP contribution in [0.1, 0.15) is 6.92 Å². The van der Waals surface area contributed by atoms with E-state index in [0.29, 0.717) is 6.54 Å². The van der Waals surface area contributed by atoms with Gasteiger partial charge in [-0.3, -0.25) is 9.59 Å². The number of hydrogen-bond acceptors (Lipinski definition) is 5. The summed E-state index contributed by atoms with van der Waals surface area (Å²) in [5, 5.41) is 14.1. The zero-order valence-electron chi connectivity index (χ0n) is 7.41. The smallest absolute Gasteiger partial charge is 0.246 e. The van der Waals surface area contributed by atoms with Crippen LogP contribution in [0.3, 0.4) is 0 Å². The number of nitrogens with one attached hydrogen (secondary N) is 1. The van der Waals surface area contributed by atoms with Crippen molar-refractivity contribution in [1.29, 1.82) is 0 Å². The van der Waals surface area contributed by atoms with Gasteiger partial charge in [0.25, 0.3) is 0 Å². The highest BCUT2D eigenvalue weighted by Crippen LogP contribution is 2.04. The Kier molecular flexibility index (Phi) is 1.88. The number of rotatable bonds is 2. The second-order valence-electron chi connectivity index (χ2n) is 2.85. The second-order valence-corrected chi connectivity index (χ2v) is 2.85. The molecule has 1 aliphatic rings. The molecular weight excluding hydrogens is 188 g/mol. The van der Waals surface area contributed by atoms with E-state index in [0.717, 1.165) is 4.79 Å². The summed E-state index contributed by atoms with van der Waals surface area (Å²) in [5.41, 5.74) is 0. The van der Waals surface area contributed by atoms with E-state index in [1.165, 1.54) is 18.3 Å². The van der Waals surface area contributed by atoms with Crippen LogP contribution in [-0.4, -0.2) is 44.7 Å². The molecule has 2 heterocycles. The van der Waals surface area contributed by atoms with E-state index in [-0.39, 0.29) is 11.8 Å². The molecule has 1 N–H and O–H groups in total. The van der Waals surface area contributed by atoms with Crippen LogP contribution < -0.4 is 10.3 Å². The van der Waals surface area contributed by atoms with Gasteiger partial charge in [-0.25, -0.2) is 5.01 Å². The fourth-order valence-corrected chi connectivity index (χ4v) is 1.24. The van der Waals surface area contributed by atoms with Crippen molar-refractivity contribution in [2.75, 3.05) is 11.6 Å². The third-order valence-electron chi connectivity index (χ3n) is 1.95. The second kappa shape index (κ2) is 3.05. The number of hydrogen-bond donors (Lipinski definition) is 1. The minimum absolute atomic E-state index is 0.198. The molecule has 0 radical (unpaired) electrons. The molecule has 0 saturated carbocycles. The predicted molar refractivity (Wildman–Crippen MR) is 43.5 cm³/mol. The van der Waals surface area contributed by atoms with Crippen molar-refractivity contribution in [2.45, 2.75) is 13.0 Å². The van der Waals surface area contributed by atoms with Crippen LogP contribution in [0.4, 0.5) is 0 Å². The molecule has 0 bridgehead atoms. The Labute approximate surface area is 78.8 Å². The summed E-state index contributed by atoms with van der Waals surface area (Å²) < 4.78 is 0. The average molecular weight is 196 g/mol. The van der Waals surface area contributed by atoms with Gasteiger partial charge in [0, 0.05) is 13.5 Å². The molecule has 1 saturated heterocycles. The third-order valence-corrected chi connectivity index (χ3v) is 1.95. The number of aromatic nitrogens is 4. The van der Waals surface area contributed by atoms with Gasteiger partial charge in [0.15, 0.2) is 12.4 Å². The van der Waals surface area contributed by atoms with Crippen LogP contribution in [0.25, 0.3) is 0 Å². The molecule has 1 fully saturated rings. The number of β-lactam (4-membered cyclic amide) rings is 1. The third kappa shape index (κ3) is 1.20. The summed E-state index contributed by atoms with van der Waals surface area (Å²) in [5.74, 6) is -0.479. The molecule has 1 atom stereocenters. The first-order valence-electron chi connectivity index (χ1n) is 4.01. The number of tetrazole rings is 1. The van der Waals surface area contributed by atoms with Crippen molar-refractivity contribution in [3.63, 3.8) is 0 Å². The Balaban J connectivity index is 2.24. The minimum Gasteiger partial charge on any atom is -0.351 e. The average Bonchev–Trinajstić information content (AvgIpc) is 2.63. The molecule has 0 aliphatic carbocycles. The Morgan fingerprint density at radius 1 is 1.79 bits per heavy atom. The van der Waals surface area contributed by atoms with Gasteiger partial charge in [-0.1, -0.05) is 0 Å². The lowest BCUT2D eigenvalue weighted by Gasteiger charge is -2.34. The van der Waals surface area contributed by atoms with Gasteiger partial charge in [-0.05, 0) is 10.4 Å². The van der Waals surface area contributed by atoms with Crippen molar-refractivity contribution in [2.24, 2.45) is 0 Å². The largest absolute Gasteiger partial charge is 0.351 e. The lowest BCUT2D eigenvalue weighted by molar-refractivity contribution is -0.131. The maximum Gasteiger partial charge on any atom is 0.246 e. The van der Waals surface area contributed by atoms with E-state index >= 15 is 0 Å². The van der Waals surface area contributed by atoms with E-state index in [1.807, 2.05) is 0 Å². The van der Waals surface area contributed by atoms with Gasteiger partial charge in [0.2, 0.25) is 11.8 Å². The molecule has 2 amide bonds. The monoisotopic (exact) mass is 196 g/mol. The van der Waals surface area contributed by atoms with Crippen LogP contribution >= 0.6 is 0 Å². The fourth-order valence-electron chi connectivity index (χ4n) is 1.24. The fraction of sp³-hybridized carbons (Fsp3) is 0.500. The topological polar surface area (TPSA) is 93.0 Å². The Morgan fingerprint density at radius 3 is 2.93 bits per heavy atom. The molecule has 8 heteroatoms. The van der Waals surface area contributed by atoms with Crippen LogP contribution in [0.2, 0.25) is 0 Å². The standard InChI is InChI=1S/C6H8N6O2/c1-4(13)12(5-2-7-6(5)14)11-3-8-9-10-11/h3,5H,2H2,1H3,(H,7,14). The lowest BCUT2D eigenvalue weighted by atomic mass is 10.1. The minimum atomic E-state index is -0.504. The Morgan fingerprint density at radius 2 is 2.57 bits per heavy atom. The summed E-state index contributed by atoms with van der Waals surface area (Å²) in [7, 11) is 0. The quantitative estimate of drug-likeness (QED) is 0.535. The molecular formula is C6H8N6O2. The van der Waals surface area contributed by atoms with Gasteiger partial charge in [-0.2, -0.15) is 0 Å². The van der Waals surface area contributed by atoms with E-state index in [4.69, 9.17) is 0 Å². The molecule has 0 aromatic carbocycles. The van der Waals surface area contributed by atoms with Crippen LogP contribution in [0.5, 0.6) is 0 Å². The van der Waals surface area contributed by atoms with Crippen molar-refractivity contribution in [3.05, 3.63) is 6.33 Å². The zero-order valence-corrected chi connectivity index (χ0v) is 7.41. The molecule has 74 valence electrons.